The van der Waals surface area contributed by atoms with Crippen LogP contribution >= 0.6 is 0 Å². The van der Waals surface area contributed by atoms with Gasteiger partial charge in [0.1, 0.15) is 16.7 Å². The highest BCUT2D eigenvalue weighted by Gasteiger charge is 2.49. The van der Waals surface area contributed by atoms with Gasteiger partial charge in [0.25, 0.3) is 0 Å². The van der Waals surface area contributed by atoms with Gasteiger partial charge in [0.05, 0.1) is 17.0 Å². The van der Waals surface area contributed by atoms with Gasteiger partial charge in [-0.1, -0.05) is 0 Å². The van der Waals surface area contributed by atoms with Crippen LogP contribution in [0.1, 0.15) is 42.6 Å². The van der Waals surface area contributed by atoms with Gasteiger partial charge in [0, 0.05) is 24.9 Å². The molecule has 1 aromatic carbocycles. The lowest BCUT2D eigenvalue weighted by Crippen LogP contribution is -2.49. The number of nitrogens with one attached hydrogen (secondary N) is 1. The summed E-state index contributed by atoms with van der Waals surface area (Å²) in [5.74, 6) is 0.361. The second-order valence-electron chi connectivity index (χ2n) is 7.72. The van der Waals surface area contributed by atoms with E-state index in [2.05, 4.69) is 10.2 Å². The van der Waals surface area contributed by atoms with Crippen LogP contribution in [0.2, 0.25) is 0 Å². The summed E-state index contributed by atoms with van der Waals surface area (Å²) < 4.78 is 72.1. The first kappa shape index (κ1) is 20.2. The van der Waals surface area contributed by atoms with Crippen LogP contribution in [0.3, 0.4) is 0 Å². The molecule has 29 heavy (non-hydrogen) atoms. The van der Waals surface area contributed by atoms with Gasteiger partial charge in [-0.3, -0.25) is 5.10 Å². The zero-order valence-electron chi connectivity index (χ0n) is 16.0. The maximum Gasteiger partial charge on any atom is 0.416 e. The van der Waals surface area contributed by atoms with Crippen molar-refractivity contribution >= 4 is 10.0 Å². The minimum absolute atomic E-state index is 0.188. The Bertz CT molecular complexity index is 968. The van der Waals surface area contributed by atoms with E-state index in [1.807, 2.05) is 0 Å². The minimum atomic E-state index is -4.39. The fraction of sp³-hybridized carbons (Fsp3) is 0.526. The molecular weight excluding hydrogens is 407 g/mol. The molecule has 2 atom stereocenters. The highest BCUT2D eigenvalue weighted by atomic mass is 32.2. The number of ether oxygens (including phenoxy) is 1. The number of aromatic amines is 1. The van der Waals surface area contributed by atoms with Crippen LogP contribution in [0.5, 0.6) is 5.75 Å². The van der Waals surface area contributed by atoms with E-state index in [9.17, 15) is 21.6 Å². The summed E-state index contributed by atoms with van der Waals surface area (Å²) in [7, 11) is -3.68. The third-order valence-electron chi connectivity index (χ3n) is 5.70. The average molecular weight is 429 g/mol. The molecule has 2 aliphatic rings. The van der Waals surface area contributed by atoms with E-state index in [1.54, 1.807) is 18.2 Å². The minimum Gasteiger partial charge on any atom is -0.490 e. The van der Waals surface area contributed by atoms with Gasteiger partial charge in [-0.05, 0) is 51.0 Å². The summed E-state index contributed by atoms with van der Waals surface area (Å²) in [5, 5.41) is 6.74. The van der Waals surface area contributed by atoms with Gasteiger partial charge in [0.2, 0.25) is 10.0 Å². The Hall–Kier alpha value is -2.07. The van der Waals surface area contributed by atoms with Gasteiger partial charge < -0.3 is 4.74 Å². The maximum absolute atomic E-state index is 13.3. The summed E-state index contributed by atoms with van der Waals surface area (Å²) in [6, 6.07) is 4.24. The standard InChI is InChI=1S/C19H22F3N3O3S/c1-11-18(12(2)24-23-11)29(26,27)25-14-5-6-15(25)10-17(9-14)28-16-7-3-13(4-8-16)19(20,21)22/h3-4,7-8,14-15,17H,5-6,9-10H2,1-2H3,(H,23,24). The fourth-order valence-corrected chi connectivity index (χ4v) is 6.74. The van der Waals surface area contributed by atoms with Crippen LogP contribution in [-0.4, -0.2) is 41.1 Å². The Morgan fingerprint density at radius 1 is 1.10 bits per heavy atom. The van der Waals surface area contributed by atoms with Crippen molar-refractivity contribution < 1.29 is 26.3 Å². The number of rotatable bonds is 4. The normalized spacial score (nSPS) is 25.3. The molecule has 0 saturated carbocycles. The fourth-order valence-electron chi connectivity index (χ4n) is 4.51. The first-order valence-electron chi connectivity index (χ1n) is 9.46. The number of nitrogens with zero attached hydrogens (tertiary/aromatic N) is 2. The van der Waals surface area contributed by atoms with Gasteiger partial charge in [-0.25, -0.2) is 8.42 Å². The van der Waals surface area contributed by atoms with E-state index in [-0.39, 0.29) is 23.1 Å². The van der Waals surface area contributed by atoms with Crippen molar-refractivity contribution in [3.8, 4) is 5.75 Å². The number of aromatic nitrogens is 2. The second kappa shape index (κ2) is 7.02. The highest BCUT2D eigenvalue weighted by Crippen LogP contribution is 2.42. The molecule has 3 heterocycles. The van der Waals surface area contributed by atoms with Crippen LogP contribution in [0.15, 0.2) is 29.2 Å². The lowest BCUT2D eigenvalue weighted by molar-refractivity contribution is -0.137. The van der Waals surface area contributed by atoms with Crippen LogP contribution in [0.25, 0.3) is 0 Å². The van der Waals surface area contributed by atoms with Crippen molar-refractivity contribution in [2.24, 2.45) is 0 Å². The summed E-state index contributed by atoms with van der Waals surface area (Å²) >= 11 is 0. The van der Waals surface area contributed by atoms with Gasteiger partial charge in [-0.15, -0.1) is 0 Å². The van der Waals surface area contributed by atoms with E-state index < -0.39 is 21.8 Å². The number of alkyl halides is 3. The monoisotopic (exact) mass is 429 g/mol. The van der Waals surface area contributed by atoms with E-state index in [0.29, 0.717) is 30.0 Å². The van der Waals surface area contributed by atoms with Crippen molar-refractivity contribution in [1.82, 2.24) is 14.5 Å². The summed E-state index contributed by atoms with van der Waals surface area (Å²) in [6.07, 6.45) is -2.12. The molecular formula is C19H22F3N3O3S. The molecule has 2 aliphatic heterocycles. The number of H-pyrrole nitrogens is 1. The summed E-state index contributed by atoms with van der Waals surface area (Å²) in [6.45, 7) is 3.36. The molecule has 2 saturated heterocycles. The maximum atomic E-state index is 13.3. The number of hydrogen-bond donors (Lipinski definition) is 1. The van der Waals surface area contributed by atoms with Gasteiger partial charge in [-0.2, -0.15) is 22.6 Å². The third kappa shape index (κ3) is 3.63. The molecule has 2 unspecified atom stereocenters. The zero-order valence-corrected chi connectivity index (χ0v) is 16.8. The quantitative estimate of drug-likeness (QED) is 0.802. The van der Waals surface area contributed by atoms with E-state index in [1.165, 1.54) is 12.1 Å². The van der Waals surface area contributed by atoms with Crippen molar-refractivity contribution in [3.05, 3.63) is 41.2 Å². The molecule has 1 aromatic heterocycles. The Morgan fingerprint density at radius 2 is 1.69 bits per heavy atom. The molecule has 10 heteroatoms. The largest absolute Gasteiger partial charge is 0.490 e. The van der Waals surface area contributed by atoms with Crippen molar-refractivity contribution in [1.29, 1.82) is 0 Å². The third-order valence-corrected chi connectivity index (χ3v) is 7.97. The topological polar surface area (TPSA) is 75.3 Å². The number of aryl methyl sites for hydroxylation is 2. The smallest absolute Gasteiger partial charge is 0.416 e. The van der Waals surface area contributed by atoms with E-state index in [0.717, 1.165) is 25.0 Å². The molecule has 2 aromatic rings. The van der Waals surface area contributed by atoms with Crippen LogP contribution in [0.4, 0.5) is 13.2 Å². The highest BCUT2D eigenvalue weighted by molar-refractivity contribution is 7.89. The Kier molecular flexibility index (Phi) is 4.89. The molecule has 0 radical (unpaired) electrons. The number of piperidine rings is 1. The molecule has 0 spiro atoms. The molecule has 6 nitrogen and oxygen atoms in total. The zero-order chi connectivity index (χ0) is 21.0. The summed E-state index contributed by atoms with van der Waals surface area (Å²) in [4.78, 5) is 0.233. The molecule has 1 N–H and O–H groups in total. The molecule has 0 amide bonds. The molecule has 4 rings (SSSR count). The van der Waals surface area contributed by atoms with Crippen molar-refractivity contribution in [2.75, 3.05) is 0 Å². The van der Waals surface area contributed by atoms with E-state index in [4.69, 9.17) is 4.74 Å². The first-order valence-corrected chi connectivity index (χ1v) is 10.9. The van der Waals surface area contributed by atoms with Crippen molar-refractivity contribution in [3.63, 3.8) is 0 Å². The van der Waals surface area contributed by atoms with Crippen LogP contribution in [0, 0.1) is 13.8 Å². The molecule has 2 bridgehead atoms. The number of sulfonamides is 1. The SMILES string of the molecule is Cc1n[nH]c(C)c1S(=O)(=O)N1C2CCC1CC(Oc1ccc(C(F)(F)F)cc1)C2. The number of halogens is 3. The van der Waals surface area contributed by atoms with Crippen molar-refractivity contribution in [2.45, 2.75) is 68.8 Å². The summed E-state index contributed by atoms with van der Waals surface area (Å²) in [5.41, 5.74) is 0.242. The van der Waals surface area contributed by atoms with Gasteiger partial charge >= 0.3 is 6.18 Å². The predicted molar refractivity (Wildman–Crippen MR) is 99.0 cm³/mol. The number of hydrogen-bond acceptors (Lipinski definition) is 4. The average Bonchev–Trinajstić information content (AvgIpc) is 3.12. The Labute approximate surface area is 167 Å². The number of fused-ring (bicyclic) bond motifs is 2. The predicted octanol–water partition coefficient (Wildman–Crippen LogP) is 3.81. The Balaban J connectivity index is 1.50. The molecule has 158 valence electrons. The van der Waals surface area contributed by atoms with Crippen LogP contribution in [-0.2, 0) is 16.2 Å². The molecule has 0 aliphatic carbocycles. The van der Waals surface area contributed by atoms with E-state index >= 15 is 0 Å². The Morgan fingerprint density at radius 3 is 2.17 bits per heavy atom. The second-order valence-corrected chi connectivity index (χ2v) is 9.50. The van der Waals surface area contributed by atoms with Crippen LogP contribution < -0.4 is 4.74 Å². The lowest BCUT2D eigenvalue weighted by Gasteiger charge is -2.37. The first-order chi connectivity index (χ1) is 13.6. The van der Waals surface area contributed by atoms with Gasteiger partial charge in [0.15, 0.2) is 0 Å². The number of benzene rings is 1. The lowest BCUT2D eigenvalue weighted by atomic mass is 10.0. The molecule has 2 fully saturated rings.